The minimum Gasteiger partial charge on any atom is -0.481 e. The third-order valence-corrected chi connectivity index (χ3v) is 7.23. The summed E-state index contributed by atoms with van der Waals surface area (Å²) < 4.78 is 8.14. The molecular formula is C26H21Br2ClN4O4. The monoisotopic (exact) mass is 646 g/mol. The number of halogens is 3. The number of fused-ring (bicyclic) bond motifs is 1. The molecule has 0 fully saturated rings. The van der Waals surface area contributed by atoms with E-state index in [1.807, 2.05) is 26.0 Å². The number of rotatable bonds is 8. The van der Waals surface area contributed by atoms with Gasteiger partial charge in [-0.2, -0.15) is 9.78 Å². The molecule has 37 heavy (non-hydrogen) atoms. The largest absolute Gasteiger partial charge is 0.481 e. The average molecular weight is 649 g/mol. The molecule has 0 aliphatic carbocycles. The van der Waals surface area contributed by atoms with E-state index in [9.17, 15) is 14.9 Å². The smallest absolute Gasteiger partial charge is 0.312 e. The first kappa shape index (κ1) is 27.0. The molecule has 0 radical (unpaired) electrons. The fraction of sp³-hybridized carbons (Fsp3) is 0.192. The standard InChI is InChI=1S/C26H21Br2ClN4O4/c1-3-15(2)25-31-22-9-8-18(27)12-19(22)26(34)32(25)30-13-16-10-20(28)24(23(11-16)33(35)36)37-14-17-6-4-5-7-21(17)29/h4-13,15H,3,14H2,1-2H3/t15-/m1/s1. The lowest BCUT2D eigenvalue weighted by atomic mass is 10.1. The normalized spacial score (nSPS) is 12.2. The van der Waals surface area contributed by atoms with Crippen LogP contribution in [-0.4, -0.2) is 20.8 Å². The van der Waals surface area contributed by atoms with Crippen LogP contribution in [0.15, 0.2) is 73.4 Å². The Morgan fingerprint density at radius 2 is 1.97 bits per heavy atom. The summed E-state index contributed by atoms with van der Waals surface area (Å²) in [6, 6.07) is 15.4. The molecule has 0 aliphatic rings. The number of nitro groups is 1. The lowest BCUT2D eigenvalue weighted by Crippen LogP contribution is -2.23. The summed E-state index contributed by atoms with van der Waals surface area (Å²) in [5, 5.41) is 17.2. The van der Waals surface area contributed by atoms with Gasteiger partial charge in [-0.3, -0.25) is 14.9 Å². The Bertz CT molecular complexity index is 1590. The molecule has 0 unspecified atom stereocenters. The fourth-order valence-electron chi connectivity index (χ4n) is 3.62. The molecular weight excluding hydrogens is 628 g/mol. The molecule has 0 N–H and O–H groups in total. The zero-order valence-corrected chi connectivity index (χ0v) is 23.7. The predicted molar refractivity (Wildman–Crippen MR) is 152 cm³/mol. The van der Waals surface area contributed by atoms with Crippen LogP contribution < -0.4 is 10.3 Å². The van der Waals surface area contributed by atoms with Gasteiger partial charge in [0.05, 0.1) is 26.5 Å². The number of hydrogen-bond acceptors (Lipinski definition) is 6. The number of aromatic nitrogens is 2. The maximum absolute atomic E-state index is 13.3. The highest BCUT2D eigenvalue weighted by Gasteiger charge is 2.21. The molecule has 1 heterocycles. The molecule has 0 amide bonds. The first-order valence-electron chi connectivity index (χ1n) is 11.3. The predicted octanol–water partition coefficient (Wildman–Crippen LogP) is 7.46. The average Bonchev–Trinajstić information content (AvgIpc) is 2.87. The zero-order valence-electron chi connectivity index (χ0n) is 19.8. The summed E-state index contributed by atoms with van der Waals surface area (Å²) in [4.78, 5) is 29.3. The Kier molecular flexibility index (Phi) is 8.41. The Hall–Kier alpha value is -3.08. The van der Waals surface area contributed by atoms with E-state index in [1.54, 1.807) is 36.4 Å². The highest BCUT2D eigenvalue weighted by atomic mass is 79.9. The Morgan fingerprint density at radius 3 is 2.68 bits per heavy atom. The van der Waals surface area contributed by atoms with Crippen molar-refractivity contribution in [3.8, 4) is 5.75 Å². The summed E-state index contributed by atoms with van der Waals surface area (Å²) in [7, 11) is 0. The van der Waals surface area contributed by atoms with Crippen molar-refractivity contribution in [2.75, 3.05) is 0 Å². The van der Waals surface area contributed by atoms with E-state index in [4.69, 9.17) is 16.3 Å². The Morgan fingerprint density at radius 1 is 1.22 bits per heavy atom. The molecule has 0 aliphatic heterocycles. The van der Waals surface area contributed by atoms with Gasteiger partial charge >= 0.3 is 5.69 Å². The van der Waals surface area contributed by atoms with E-state index < -0.39 is 4.92 Å². The topological polar surface area (TPSA) is 99.6 Å². The van der Waals surface area contributed by atoms with E-state index >= 15 is 0 Å². The number of ether oxygens (including phenoxy) is 1. The SMILES string of the molecule is CC[C@@H](C)c1nc2ccc(Br)cc2c(=O)n1N=Cc1cc(Br)c(OCc2ccccc2Cl)c([N+](=O)[O-])c1. The van der Waals surface area contributed by atoms with Gasteiger partial charge in [0.1, 0.15) is 12.4 Å². The van der Waals surface area contributed by atoms with E-state index in [2.05, 4.69) is 41.9 Å². The summed E-state index contributed by atoms with van der Waals surface area (Å²) >= 11 is 13.0. The Balaban J connectivity index is 1.74. The third kappa shape index (κ3) is 5.92. The van der Waals surface area contributed by atoms with Crippen molar-refractivity contribution in [2.24, 2.45) is 5.10 Å². The summed E-state index contributed by atoms with van der Waals surface area (Å²) in [5.74, 6) is 0.531. The van der Waals surface area contributed by atoms with Crippen molar-refractivity contribution < 1.29 is 9.66 Å². The van der Waals surface area contributed by atoms with Crippen LogP contribution >= 0.6 is 43.5 Å². The first-order valence-corrected chi connectivity index (χ1v) is 13.3. The molecule has 11 heteroatoms. The van der Waals surface area contributed by atoms with Gasteiger partial charge in [0.15, 0.2) is 0 Å². The molecule has 1 atom stereocenters. The zero-order chi connectivity index (χ0) is 26.7. The first-order chi connectivity index (χ1) is 17.7. The van der Waals surface area contributed by atoms with Gasteiger partial charge in [0.25, 0.3) is 5.56 Å². The second kappa shape index (κ2) is 11.5. The molecule has 3 aromatic carbocycles. The molecule has 0 saturated carbocycles. The van der Waals surface area contributed by atoms with Crippen LogP contribution in [0.1, 0.15) is 43.1 Å². The highest BCUT2D eigenvalue weighted by Crippen LogP contribution is 2.37. The molecule has 190 valence electrons. The lowest BCUT2D eigenvalue weighted by molar-refractivity contribution is -0.386. The summed E-state index contributed by atoms with van der Waals surface area (Å²) in [5.41, 5.74) is 1.10. The van der Waals surface area contributed by atoms with Gasteiger partial charge in [0, 0.05) is 32.6 Å². The molecule has 1 aromatic heterocycles. The van der Waals surface area contributed by atoms with E-state index in [0.29, 0.717) is 37.3 Å². The fourth-order valence-corrected chi connectivity index (χ4v) is 4.75. The van der Waals surface area contributed by atoms with Crippen molar-refractivity contribution in [3.63, 3.8) is 0 Å². The van der Waals surface area contributed by atoms with Gasteiger partial charge in [-0.1, -0.05) is 59.6 Å². The van der Waals surface area contributed by atoms with Crippen molar-refractivity contribution >= 4 is 66.3 Å². The summed E-state index contributed by atoms with van der Waals surface area (Å²) in [6.07, 6.45) is 2.15. The van der Waals surface area contributed by atoms with Crippen LogP contribution in [0.25, 0.3) is 10.9 Å². The van der Waals surface area contributed by atoms with Crippen LogP contribution in [0.3, 0.4) is 0 Å². The van der Waals surface area contributed by atoms with Crippen LogP contribution in [0.2, 0.25) is 5.02 Å². The number of nitro benzene ring substituents is 1. The third-order valence-electron chi connectivity index (χ3n) is 5.78. The van der Waals surface area contributed by atoms with Crippen molar-refractivity contribution in [3.05, 3.63) is 106 Å². The van der Waals surface area contributed by atoms with E-state index in [1.165, 1.54) is 17.0 Å². The van der Waals surface area contributed by atoms with Crippen LogP contribution in [0.5, 0.6) is 5.75 Å². The van der Waals surface area contributed by atoms with Gasteiger partial charge in [0.2, 0.25) is 5.75 Å². The number of benzene rings is 3. The molecule has 4 aromatic rings. The minimum absolute atomic E-state index is 0.0421. The van der Waals surface area contributed by atoms with E-state index in [0.717, 1.165) is 10.9 Å². The molecule has 8 nitrogen and oxygen atoms in total. The molecule has 4 rings (SSSR count). The summed E-state index contributed by atoms with van der Waals surface area (Å²) in [6.45, 7) is 4.02. The van der Waals surface area contributed by atoms with Crippen molar-refractivity contribution in [1.82, 2.24) is 9.66 Å². The highest BCUT2D eigenvalue weighted by molar-refractivity contribution is 9.10. The second-order valence-electron chi connectivity index (χ2n) is 8.29. The lowest BCUT2D eigenvalue weighted by Gasteiger charge is -2.14. The van der Waals surface area contributed by atoms with Gasteiger partial charge < -0.3 is 4.74 Å². The molecule has 0 bridgehead atoms. The maximum atomic E-state index is 13.3. The molecule has 0 saturated heterocycles. The van der Waals surface area contributed by atoms with Gasteiger partial charge in [-0.25, -0.2) is 4.98 Å². The van der Waals surface area contributed by atoms with Crippen LogP contribution in [0.4, 0.5) is 5.69 Å². The quantitative estimate of drug-likeness (QED) is 0.112. The number of nitrogens with zero attached hydrogens (tertiary/aromatic N) is 4. The molecule has 0 spiro atoms. The van der Waals surface area contributed by atoms with Crippen LogP contribution in [0, 0.1) is 10.1 Å². The van der Waals surface area contributed by atoms with Crippen LogP contribution in [-0.2, 0) is 6.61 Å². The van der Waals surface area contributed by atoms with Gasteiger partial charge in [-0.15, -0.1) is 0 Å². The Labute approximate surface area is 234 Å². The van der Waals surface area contributed by atoms with E-state index in [-0.39, 0.29) is 29.5 Å². The maximum Gasteiger partial charge on any atom is 0.312 e. The second-order valence-corrected chi connectivity index (χ2v) is 10.5. The van der Waals surface area contributed by atoms with Gasteiger partial charge in [-0.05, 0) is 52.7 Å². The van der Waals surface area contributed by atoms with Crippen molar-refractivity contribution in [2.45, 2.75) is 32.8 Å². The number of hydrogen-bond donors (Lipinski definition) is 0. The van der Waals surface area contributed by atoms with Crippen molar-refractivity contribution in [1.29, 1.82) is 0 Å². The minimum atomic E-state index is -0.532.